The van der Waals surface area contributed by atoms with Crippen LogP contribution in [-0.2, 0) is 6.54 Å². The number of carbonyl (C=O) groups excluding carboxylic acids is 1. The van der Waals surface area contributed by atoms with Gasteiger partial charge in [0.15, 0.2) is 0 Å². The molecular weight excluding hydrogens is 362 g/mol. The van der Waals surface area contributed by atoms with E-state index >= 15 is 0 Å². The van der Waals surface area contributed by atoms with Gasteiger partial charge in [0, 0.05) is 43.9 Å². The van der Waals surface area contributed by atoms with Crippen molar-refractivity contribution >= 4 is 16.8 Å². The third-order valence-corrected chi connectivity index (χ3v) is 5.69. The molecule has 2 heterocycles. The third-order valence-electron chi connectivity index (χ3n) is 5.69. The highest BCUT2D eigenvalue weighted by Gasteiger charge is 2.23. The first-order valence-electron chi connectivity index (χ1n) is 10.1. The van der Waals surface area contributed by atoms with E-state index in [4.69, 9.17) is 0 Å². The predicted molar refractivity (Wildman–Crippen MR) is 116 cm³/mol. The molecular formula is C24H27N3O2. The first-order chi connectivity index (χ1) is 13.9. The van der Waals surface area contributed by atoms with Crippen molar-refractivity contribution in [1.29, 1.82) is 0 Å². The molecule has 1 aliphatic rings. The van der Waals surface area contributed by atoms with Crippen molar-refractivity contribution in [2.45, 2.75) is 27.3 Å². The number of aromatic amines is 1. The van der Waals surface area contributed by atoms with Crippen LogP contribution in [0.5, 0.6) is 0 Å². The van der Waals surface area contributed by atoms with E-state index in [0.29, 0.717) is 19.6 Å². The van der Waals surface area contributed by atoms with Crippen LogP contribution < -0.4 is 5.56 Å². The van der Waals surface area contributed by atoms with Gasteiger partial charge in [-0.3, -0.25) is 14.5 Å². The molecule has 29 heavy (non-hydrogen) atoms. The van der Waals surface area contributed by atoms with Gasteiger partial charge in [0.05, 0.1) is 5.52 Å². The molecule has 3 aromatic rings. The van der Waals surface area contributed by atoms with Crippen molar-refractivity contribution in [3.63, 3.8) is 0 Å². The first-order valence-corrected chi connectivity index (χ1v) is 10.1. The van der Waals surface area contributed by atoms with E-state index in [1.165, 1.54) is 5.56 Å². The Morgan fingerprint density at radius 3 is 2.45 bits per heavy atom. The molecule has 1 aromatic heterocycles. The summed E-state index contributed by atoms with van der Waals surface area (Å²) in [6, 6.07) is 13.9. The first kappa shape index (κ1) is 19.4. The van der Waals surface area contributed by atoms with Crippen molar-refractivity contribution in [2.24, 2.45) is 0 Å². The molecule has 4 rings (SSSR count). The van der Waals surface area contributed by atoms with Gasteiger partial charge in [0.1, 0.15) is 0 Å². The average Bonchev–Trinajstić information content (AvgIpc) is 2.69. The van der Waals surface area contributed by atoms with Crippen LogP contribution in [0.25, 0.3) is 10.9 Å². The molecule has 0 aliphatic carbocycles. The number of nitrogens with zero attached hydrogens (tertiary/aromatic N) is 2. The maximum atomic E-state index is 12.7. The summed E-state index contributed by atoms with van der Waals surface area (Å²) in [4.78, 5) is 32.5. The van der Waals surface area contributed by atoms with Gasteiger partial charge < -0.3 is 9.88 Å². The van der Waals surface area contributed by atoms with E-state index in [0.717, 1.165) is 46.2 Å². The van der Waals surface area contributed by atoms with Gasteiger partial charge in [-0.15, -0.1) is 0 Å². The number of aryl methyl sites for hydroxylation is 3. The molecule has 0 bridgehead atoms. The highest BCUT2D eigenvalue weighted by atomic mass is 16.2. The van der Waals surface area contributed by atoms with Gasteiger partial charge in [-0.2, -0.15) is 0 Å². The molecule has 150 valence electrons. The number of rotatable bonds is 3. The lowest BCUT2D eigenvalue weighted by atomic mass is 10.0. The topological polar surface area (TPSA) is 56.4 Å². The molecule has 1 aliphatic heterocycles. The quantitative estimate of drug-likeness (QED) is 0.747. The minimum Gasteiger partial charge on any atom is -0.336 e. The van der Waals surface area contributed by atoms with Gasteiger partial charge in [-0.25, -0.2) is 0 Å². The Hall–Kier alpha value is -2.92. The second kappa shape index (κ2) is 7.84. The fraction of sp³-hybridized carbons (Fsp3) is 0.333. The van der Waals surface area contributed by atoms with E-state index in [9.17, 15) is 9.59 Å². The molecule has 2 aromatic carbocycles. The molecule has 1 N–H and O–H groups in total. The lowest BCUT2D eigenvalue weighted by Gasteiger charge is -2.34. The van der Waals surface area contributed by atoms with Crippen LogP contribution in [0.1, 0.15) is 32.6 Å². The summed E-state index contributed by atoms with van der Waals surface area (Å²) in [6.45, 7) is 9.58. The number of nitrogens with one attached hydrogen (secondary N) is 1. The second-order valence-corrected chi connectivity index (χ2v) is 8.11. The molecule has 1 fully saturated rings. The summed E-state index contributed by atoms with van der Waals surface area (Å²) in [5.74, 6) is 0.0860. The van der Waals surface area contributed by atoms with E-state index in [2.05, 4.69) is 28.9 Å². The van der Waals surface area contributed by atoms with E-state index in [1.807, 2.05) is 49.1 Å². The molecule has 1 amide bonds. The highest BCUT2D eigenvalue weighted by Crippen LogP contribution is 2.19. The van der Waals surface area contributed by atoms with Crippen LogP contribution in [0.2, 0.25) is 0 Å². The number of carbonyl (C=O) groups is 1. The smallest absolute Gasteiger partial charge is 0.253 e. The standard InChI is InChI=1S/C24H27N3O2/c1-16-5-4-6-19(12-16)24(29)27-9-7-26(8-10-27)15-21-14-20-13-17(2)11-18(3)22(20)25-23(21)28/h4-6,11-14H,7-10,15H2,1-3H3,(H,25,28). The lowest BCUT2D eigenvalue weighted by molar-refractivity contribution is 0.0628. The fourth-order valence-electron chi connectivity index (χ4n) is 4.16. The summed E-state index contributed by atoms with van der Waals surface area (Å²) in [7, 11) is 0. The molecule has 0 unspecified atom stereocenters. The number of aromatic nitrogens is 1. The van der Waals surface area contributed by atoms with Gasteiger partial charge in [0.25, 0.3) is 11.5 Å². The molecule has 0 radical (unpaired) electrons. The zero-order valence-electron chi connectivity index (χ0n) is 17.3. The number of benzene rings is 2. The minimum atomic E-state index is -0.0253. The van der Waals surface area contributed by atoms with E-state index in [-0.39, 0.29) is 11.5 Å². The van der Waals surface area contributed by atoms with Crippen LogP contribution in [0, 0.1) is 20.8 Å². The second-order valence-electron chi connectivity index (χ2n) is 8.11. The molecule has 1 saturated heterocycles. The average molecular weight is 389 g/mol. The van der Waals surface area contributed by atoms with Crippen LogP contribution in [0.15, 0.2) is 47.3 Å². The summed E-state index contributed by atoms with van der Waals surface area (Å²) < 4.78 is 0. The molecule has 5 nitrogen and oxygen atoms in total. The normalized spacial score (nSPS) is 15.1. The Kier molecular flexibility index (Phi) is 5.24. The van der Waals surface area contributed by atoms with Crippen molar-refractivity contribution in [3.8, 4) is 0 Å². The largest absolute Gasteiger partial charge is 0.336 e. The van der Waals surface area contributed by atoms with Crippen LogP contribution in [-0.4, -0.2) is 46.9 Å². The number of hydrogen-bond acceptors (Lipinski definition) is 3. The summed E-state index contributed by atoms with van der Waals surface area (Å²) in [5, 5.41) is 1.07. The lowest BCUT2D eigenvalue weighted by Crippen LogP contribution is -2.48. The monoisotopic (exact) mass is 389 g/mol. The minimum absolute atomic E-state index is 0.0253. The Balaban J connectivity index is 1.45. The Labute approximate surface area is 171 Å². The summed E-state index contributed by atoms with van der Waals surface area (Å²) in [5.41, 5.74) is 5.79. The van der Waals surface area contributed by atoms with Crippen LogP contribution in [0.4, 0.5) is 0 Å². The van der Waals surface area contributed by atoms with Crippen LogP contribution in [0.3, 0.4) is 0 Å². The Bertz CT molecular complexity index is 1120. The Morgan fingerprint density at radius 1 is 0.966 bits per heavy atom. The Morgan fingerprint density at radius 2 is 1.72 bits per heavy atom. The van der Waals surface area contributed by atoms with Crippen molar-refractivity contribution in [3.05, 3.63) is 80.6 Å². The fourth-order valence-corrected chi connectivity index (χ4v) is 4.16. The highest BCUT2D eigenvalue weighted by molar-refractivity contribution is 5.94. The zero-order valence-corrected chi connectivity index (χ0v) is 17.3. The van der Waals surface area contributed by atoms with Gasteiger partial charge in [-0.05, 0) is 56.0 Å². The van der Waals surface area contributed by atoms with Gasteiger partial charge in [0.2, 0.25) is 0 Å². The number of piperazine rings is 1. The van der Waals surface area contributed by atoms with E-state index in [1.54, 1.807) is 0 Å². The predicted octanol–water partition coefficient (Wildman–Crippen LogP) is 3.41. The molecule has 0 saturated carbocycles. The number of H-pyrrole nitrogens is 1. The molecule has 0 spiro atoms. The van der Waals surface area contributed by atoms with Crippen molar-refractivity contribution in [2.75, 3.05) is 26.2 Å². The van der Waals surface area contributed by atoms with Crippen molar-refractivity contribution < 1.29 is 4.79 Å². The molecule has 0 atom stereocenters. The number of fused-ring (bicyclic) bond motifs is 1. The number of amides is 1. The van der Waals surface area contributed by atoms with Gasteiger partial charge >= 0.3 is 0 Å². The van der Waals surface area contributed by atoms with Crippen molar-refractivity contribution in [1.82, 2.24) is 14.8 Å². The van der Waals surface area contributed by atoms with Crippen LogP contribution >= 0.6 is 0 Å². The maximum absolute atomic E-state index is 12.7. The number of hydrogen-bond donors (Lipinski definition) is 1. The SMILES string of the molecule is Cc1cccc(C(=O)N2CCN(Cc3cc4cc(C)cc(C)c4[nH]c3=O)CC2)c1. The molecule has 5 heteroatoms. The number of pyridine rings is 1. The summed E-state index contributed by atoms with van der Waals surface area (Å²) >= 11 is 0. The van der Waals surface area contributed by atoms with E-state index < -0.39 is 0 Å². The zero-order chi connectivity index (χ0) is 20.5. The van der Waals surface area contributed by atoms with Gasteiger partial charge in [-0.1, -0.05) is 29.3 Å². The third kappa shape index (κ3) is 4.10. The summed E-state index contributed by atoms with van der Waals surface area (Å²) in [6.07, 6.45) is 0. The maximum Gasteiger partial charge on any atom is 0.253 e.